The maximum absolute atomic E-state index is 13.4. The predicted molar refractivity (Wildman–Crippen MR) is 396 cm³/mol. The molecule has 550 valence electrons. The molecule has 0 aromatic carbocycles. The van der Waals surface area contributed by atoms with Crippen molar-refractivity contribution in [3.05, 3.63) is 134 Å². The molecule has 2 aliphatic heterocycles. The first-order valence-corrected chi connectivity index (χ1v) is 38.4. The number of carbonyl (C=O) groups is 1. The predicted octanol–water partition coefficient (Wildman–Crippen LogP) is 17.0. The van der Waals surface area contributed by atoms with E-state index in [1.54, 1.807) is 6.08 Å². The van der Waals surface area contributed by atoms with Gasteiger partial charge < -0.3 is 65.1 Å². The zero-order chi connectivity index (χ0) is 69.4. The Labute approximate surface area is 583 Å². The molecule has 2 fully saturated rings. The highest BCUT2D eigenvalue weighted by molar-refractivity contribution is 5.76. The van der Waals surface area contributed by atoms with Crippen LogP contribution in [0.3, 0.4) is 0 Å². The minimum Gasteiger partial charge on any atom is -0.394 e. The smallest absolute Gasteiger partial charge is 0.220 e. The third-order valence-electron chi connectivity index (χ3n) is 17.8. The van der Waals surface area contributed by atoms with Gasteiger partial charge in [-0.05, 0) is 109 Å². The number of hydrogen-bond acceptors (Lipinski definition) is 13. The van der Waals surface area contributed by atoms with Gasteiger partial charge in [0.25, 0.3) is 0 Å². The molecule has 0 saturated carbocycles. The molecule has 9 N–H and O–H groups in total. The lowest BCUT2D eigenvalue weighted by molar-refractivity contribution is -0.359. The van der Waals surface area contributed by atoms with E-state index < -0.39 is 86.8 Å². The van der Waals surface area contributed by atoms with Crippen LogP contribution in [-0.2, 0) is 23.7 Å². The van der Waals surface area contributed by atoms with Crippen LogP contribution in [-0.4, -0.2) is 140 Å². The molecule has 1 amide bonds. The molecule has 96 heavy (non-hydrogen) atoms. The summed E-state index contributed by atoms with van der Waals surface area (Å²) in [5, 5.41) is 87.6. The summed E-state index contributed by atoms with van der Waals surface area (Å²) in [7, 11) is 0. The first-order valence-electron chi connectivity index (χ1n) is 38.4. The number of carbonyl (C=O) groups excluding carboxylic acids is 1. The normalized spacial score (nSPS) is 23.0. The molecule has 2 rings (SSSR count). The van der Waals surface area contributed by atoms with Crippen LogP contribution in [0.2, 0.25) is 0 Å². The minimum absolute atomic E-state index is 0.251. The third kappa shape index (κ3) is 47.2. The number of rotatable bonds is 62. The van der Waals surface area contributed by atoms with Crippen LogP contribution in [0.4, 0.5) is 0 Å². The number of hydrogen-bond donors (Lipinski definition) is 9. The fraction of sp³-hybridized carbons (Fsp3) is 0.720. The molecule has 2 heterocycles. The average Bonchev–Trinajstić information content (AvgIpc) is 0.812. The van der Waals surface area contributed by atoms with Gasteiger partial charge in [-0.25, -0.2) is 0 Å². The molecule has 0 aromatic rings. The third-order valence-corrected chi connectivity index (χ3v) is 17.8. The molecule has 12 unspecified atom stereocenters. The standard InChI is InChI=1S/C82H139NO13/c1-3-5-7-9-11-13-15-17-19-21-23-25-27-29-31-33-34-35-36-38-40-42-44-46-48-50-52-54-56-58-60-62-64-66-74(87)83-70(69-93-81-79(92)77(90)80(73(68-85)95-81)96-82-78(91)76(89)75(88)72(67-84)94-82)71(86)65-63-61-59-57-55-53-51-49-47-45-43-41-39-37-32-30-28-26-24-22-20-18-16-14-12-10-8-6-4-2/h5,7,11,13,17,19,23,25,29,31,34-35,38,40,44,46-47,49,55,57,63,65,70-73,75-82,84-86,88-92H,3-4,6,8-10,12,14-16,18,20-22,24,26-28,30,32-33,36-37,39,41-43,45,48,50-54,56,58-62,64,66-69H2,1-2H3,(H,83,87)/b7-5-,13-11-,19-17-,25-23-,31-29-,35-34-,40-38-,46-44-,49-47+,57-55+,65-63+. The topological polar surface area (TPSA) is 228 Å². The number of aliphatic hydroxyl groups excluding tert-OH is 8. The summed E-state index contributed by atoms with van der Waals surface area (Å²) >= 11 is 0. The molecule has 0 spiro atoms. The van der Waals surface area contributed by atoms with E-state index in [2.05, 4.69) is 141 Å². The van der Waals surface area contributed by atoms with E-state index >= 15 is 0 Å². The number of amides is 1. The van der Waals surface area contributed by atoms with Gasteiger partial charge in [0.2, 0.25) is 5.91 Å². The number of unbranched alkanes of at least 4 members (excludes halogenated alkanes) is 29. The highest BCUT2D eigenvalue weighted by Crippen LogP contribution is 2.30. The second-order valence-electron chi connectivity index (χ2n) is 26.4. The van der Waals surface area contributed by atoms with Crippen LogP contribution >= 0.6 is 0 Å². The molecule has 2 aliphatic rings. The summed E-state index contributed by atoms with van der Waals surface area (Å²) in [5.74, 6) is -0.265. The molecule has 2 saturated heterocycles. The SMILES string of the molecule is CC/C=C\C/C=C\C/C=C\C/C=C\C/C=C\C/C=C\C/C=C\C/C=C\CCCCCCCCCCC(=O)NC(COC1OC(CO)C(OC2OC(CO)C(O)C(O)C2O)C(O)C1O)C(O)/C=C/CC/C=C/CC/C=C/CCCCCCCCCCCCCCCCCCCCC. The quantitative estimate of drug-likeness (QED) is 0.0204. The van der Waals surface area contributed by atoms with E-state index in [0.717, 1.165) is 109 Å². The van der Waals surface area contributed by atoms with Crippen LogP contribution in [0.1, 0.15) is 284 Å². The zero-order valence-corrected chi connectivity index (χ0v) is 60.1. The Morgan fingerprint density at radius 3 is 1.15 bits per heavy atom. The fourth-order valence-electron chi connectivity index (χ4n) is 11.8. The summed E-state index contributed by atoms with van der Waals surface area (Å²) in [6.07, 6.45) is 79.4. The highest BCUT2D eigenvalue weighted by Gasteiger charge is 2.51. The molecule has 0 aliphatic carbocycles. The zero-order valence-electron chi connectivity index (χ0n) is 60.1. The number of ether oxygens (including phenoxy) is 4. The maximum Gasteiger partial charge on any atom is 0.220 e. The Hall–Kier alpha value is -3.87. The summed E-state index contributed by atoms with van der Waals surface area (Å²) < 4.78 is 22.9. The fourth-order valence-corrected chi connectivity index (χ4v) is 11.8. The van der Waals surface area contributed by atoms with Gasteiger partial charge in [-0.2, -0.15) is 0 Å². The minimum atomic E-state index is -1.80. The van der Waals surface area contributed by atoms with Crippen molar-refractivity contribution < 1.29 is 64.6 Å². The molecule has 0 bridgehead atoms. The lowest BCUT2D eigenvalue weighted by Crippen LogP contribution is -2.65. The first-order chi connectivity index (χ1) is 47.1. The number of aliphatic hydroxyl groups is 8. The van der Waals surface area contributed by atoms with Crippen molar-refractivity contribution in [3.63, 3.8) is 0 Å². The monoisotopic (exact) mass is 1350 g/mol. The van der Waals surface area contributed by atoms with Crippen molar-refractivity contribution in [2.75, 3.05) is 19.8 Å². The number of nitrogens with one attached hydrogen (secondary N) is 1. The van der Waals surface area contributed by atoms with Gasteiger partial charge >= 0.3 is 0 Å². The van der Waals surface area contributed by atoms with Gasteiger partial charge in [-0.3, -0.25) is 4.79 Å². The van der Waals surface area contributed by atoms with Crippen LogP contribution < -0.4 is 5.32 Å². The van der Waals surface area contributed by atoms with E-state index in [4.69, 9.17) is 18.9 Å². The van der Waals surface area contributed by atoms with Crippen molar-refractivity contribution in [1.29, 1.82) is 0 Å². The van der Waals surface area contributed by atoms with Crippen molar-refractivity contribution in [2.45, 2.75) is 357 Å². The van der Waals surface area contributed by atoms with Gasteiger partial charge in [0.1, 0.15) is 48.8 Å². The lowest BCUT2D eigenvalue weighted by atomic mass is 9.97. The molecule has 0 aromatic heterocycles. The second kappa shape index (κ2) is 64.5. The van der Waals surface area contributed by atoms with Crippen molar-refractivity contribution in [2.24, 2.45) is 0 Å². The largest absolute Gasteiger partial charge is 0.394 e. The summed E-state index contributed by atoms with van der Waals surface area (Å²) in [5.41, 5.74) is 0. The second-order valence-corrected chi connectivity index (χ2v) is 26.4. The Kier molecular flexibility index (Phi) is 59.3. The van der Waals surface area contributed by atoms with E-state index in [9.17, 15) is 45.6 Å². The Bertz CT molecular complexity index is 2130. The number of allylic oxidation sites excluding steroid dienone is 21. The van der Waals surface area contributed by atoms with E-state index in [0.29, 0.717) is 12.8 Å². The lowest BCUT2D eigenvalue weighted by Gasteiger charge is -2.46. The van der Waals surface area contributed by atoms with E-state index in [-0.39, 0.29) is 18.9 Å². The molecule has 14 heteroatoms. The van der Waals surface area contributed by atoms with Crippen molar-refractivity contribution in [3.8, 4) is 0 Å². The van der Waals surface area contributed by atoms with Crippen LogP contribution in [0.25, 0.3) is 0 Å². The van der Waals surface area contributed by atoms with Gasteiger partial charge in [0, 0.05) is 6.42 Å². The van der Waals surface area contributed by atoms with Gasteiger partial charge in [0.05, 0.1) is 32.0 Å². The molecular weight excluding hydrogens is 1210 g/mol. The summed E-state index contributed by atoms with van der Waals surface area (Å²) in [6.45, 7) is 2.67. The molecule has 14 nitrogen and oxygen atoms in total. The van der Waals surface area contributed by atoms with Gasteiger partial charge in [0.15, 0.2) is 12.6 Å². The maximum atomic E-state index is 13.4. The van der Waals surface area contributed by atoms with Crippen LogP contribution in [0.5, 0.6) is 0 Å². The van der Waals surface area contributed by atoms with E-state index in [1.807, 2.05) is 6.08 Å². The van der Waals surface area contributed by atoms with Crippen LogP contribution in [0, 0.1) is 0 Å². The summed E-state index contributed by atoms with van der Waals surface area (Å²) in [4.78, 5) is 13.4. The average molecular weight is 1350 g/mol. The van der Waals surface area contributed by atoms with E-state index in [1.165, 1.54) is 141 Å². The molecule has 0 radical (unpaired) electrons. The Balaban J connectivity index is 1.69. The highest BCUT2D eigenvalue weighted by atomic mass is 16.7. The van der Waals surface area contributed by atoms with Crippen molar-refractivity contribution >= 4 is 5.91 Å². The van der Waals surface area contributed by atoms with Gasteiger partial charge in [-0.1, -0.05) is 302 Å². The Morgan fingerprint density at radius 2 is 0.729 bits per heavy atom. The Morgan fingerprint density at radius 1 is 0.385 bits per heavy atom. The molecule has 12 atom stereocenters. The van der Waals surface area contributed by atoms with Gasteiger partial charge in [-0.15, -0.1) is 0 Å². The molecular formula is C82H139NO13. The van der Waals surface area contributed by atoms with Crippen molar-refractivity contribution in [1.82, 2.24) is 5.32 Å². The first kappa shape index (κ1) is 88.2. The summed E-state index contributed by atoms with van der Waals surface area (Å²) in [6, 6.07) is -0.955. The van der Waals surface area contributed by atoms with Crippen LogP contribution in [0.15, 0.2) is 134 Å².